The average molecular weight is 228 g/mol. The summed E-state index contributed by atoms with van der Waals surface area (Å²) < 4.78 is 0. The topological polar surface area (TPSA) is 47.3 Å². The molecule has 0 aliphatic heterocycles. The minimum atomic E-state index is 0.515. The van der Waals surface area contributed by atoms with Crippen molar-refractivity contribution in [2.45, 2.75) is 13.5 Å². The Morgan fingerprint density at radius 3 is 2.59 bits per heavy atom. The normalized spacial score (nSPS) is 10.2. The second kappa shape index (κ2) is 5.37. The van der Waals surface area contributed by atoms with Gasteiger partial charge in [0.15, 0.2) is 0 Å². The monoisotopic (exact) mass is 228 g/mol. The van der Waals surface area contributed by atoms with E-state index in [0.717, 1.165) is 22.5 Å². The molecule has 0 atom stereocenters. The Hall–Kier alpha value is -2.00. The van der Waals surface area contributed by atoms with Crippen LogP contribution in [0.5, 0.6) is 0 Å². The first-order valence-electron chi connectivity index (χ1n) is 5.53. The molecule has 88 valence electrons. The third kappa shape index (κ3) is 3.23. The number of aryl methyl sites for hydroxylation is 1. The van der Waals surface area contributed by atoms with Gasteiger partial charge in [-0.15, -0.1) is 0 Å². The maximum atomic E-state index is 5.69. The highest BCUT2D eigenvalue weighted by atomic mass is 16.6. The van der Waals surface area contributed by atoms with Crippen LogP contribution < -0.4 is 11.2 Å². The summed E-state index contributed by atoms with van der Waals surface area (Å²) in [4.78, 5) is 5.44. The fraction of sp³-hybridized carbons (Fsp3) is 0.143. The zero-order valence-electron chi connectivity index (χ0n) is 9.81. The van der Waals surface area contributed by atoms with Crippen molar-refractivity contribution in [3.05, 3.63) is 59.7 Å². The van der Waals surface area contributed by atoms with Crippen molar-refractivity contribution < 1.29 is 4.84 Å². The van der Waals surface area contributed by atoms with Gasteiger partial charge in [-0.3, -0.25) is 10.3 Å². The second-order valence-electron chi connectivity index (χ2n) is 3.94. The van der Waals surface area contributed by atoms with Crippen molar-refractivity contribution in [3.63, 3.8) is 0 Å². The molecule has 2 aromatic rings. The summed E-state index contributed by atoms with van der Waals surface area (Å²) in [6.45, 7) is 2.54. The van der Waals surface area contributed by atoms with Crippen LogP contribution in [0, 0.1) is 6.92 Å². The third-order valence-corrected chi connectivity index (χ3v) is 2.56. The number of nitrogen functional groups attached to an aromatic ring is 1. The highest BCUT2D eigenvalue weighted by molar-refractivity contribution is 5.44. The minimum Gasteiger partial charge on any atom is -0.399 e. The van der Waals surface area contributed by atoms with Gasteiger partial charge >= 0.3 is 0 Å². The van der Waals surface area contributed by atoms with Crippen molar-refractivity contribution in [1.82, 2.24) is 0 Å². The molecule has 2 aromatic carbocycles. The van der Waals surface area contributed by atoms with Crippen LogP contribution in [0.3, 0.4) is 0 Å². The van der Waals surface area contributed by atoms with E-state index in [0.29, 0.717) is 6.61 Å². The molecule has 3 N–H and O–H groups in total. The summed E-state index contributed by atoms with van der Waals surface area (Å²) in [5.74, 6) is 0. The Morgan fingerprint density at radius 1 is 1.12 bits per heavy atom. The molecule has 0 heterocycles. The van der Waals surface area contributed by atoms with E-state index in [1.807, 2.05) is 55.5 Å². The van der Waals surface area contributed by atoms with Crippen LogP contribution in [-0.4, -0.2) is 0 Å². The van der Waals surface area contributed by atoms with E-state index in [-0.39, 0.29) is 0 Å². The van der Waals surface area contributed by atoms with Gasteiger partial charge in [0.1, 0.15) is 0 Å². The maximum absolute atomic E-state index is 5.69. The molecule has 0 aliphatic rings. The first-order valence-corrected chi connectivity index (χ1v) is 5.53. The van der Waals surface area contributed by atoms with Gasteiger partial charge in [0.2, 0.25) is 0 Å². The number of hydrogen-bond acceptors (Lipinski definition) is 3. The first kappa shape index (κ1) is 11.5. The summed E-state index contributed by atoms with van der Waals surface area (Å²) in [5.41, 5.74) is 12.6. The zero-order valence-corrected chi connectivity index (χ0v) is 9.81. The van der Waals surface area contributed by atoms with Gasteiger partial charge in [0, 0.05) is 5.69 Å². The van der Waals surface area contributed by atoms with Crippen LogP contribution in [0.1, 0.15) is 11.1 Å². The highest BCUT2D eigenvalue weighted by Gasteiger charge is 1.99. The Morgan fingerprint density at radius 2 is 1.88 bits per heavy atom. The summed E-state index contributed by atoms with van der Waals surface area (Å²) in [5, 5.41) is 0. The van der Waals surface area contributed by atoms with Gasteiger partial charge in [-0.2, -0.15) is 0 Å². The molecule has 17 heavy (non-hydrogen) atoms. The van der Waals surface area contributed by atoms with Gasteiger partial charge in [-0.1, -0.05) is 24.3 Å². The average Bonchev–Trinajstić information content (AvgIpc) is 2.33. The molecule has 0 saturated carbocycles. The van der Waals surface area contributed by atoms with E-state index >= 15 is 0 Å². The van der Waals surface area contributed by atoms with Gasteiger partial charge < -0.3 is 5.73 Å². The molecular weight excluding hydrogens is 212 g/mol. The Labute approximate surface area is 101 Å². The summed E-state index contributed by atoms with van der Waals surface area (Å²) in [6.07, 6.45) is 0. The molecule has 0 aliphatic carbocycles. The van der Waals surface area contributed by atoms with Crippen LogP contribution in [-0.2, 0) is 11.4 Å². The van der Waals surface area contributed by atoms with Crippen molar-refractivity contribution in [2.24, 2.45) is 0 Å². The number of para-hydroxylation sites is 1. The van der Waals surface area contributed by atoms with Gasteiger partial charge in [-0.05, 0) is 42.3 Å². The summed E-state index contributed by atoms with van der Waals surface area (Å²) in [7, 11) is 0. The smallest absolute Gasteiger partial charge is 0.0999 e. The number of anilines is 2. The fourth-order valence-electron chi connectivity index (χ4n) is 1.58. The molecule has 0 spiro atoms. The zero-order chi connectivity index (χ0) is 12.1. The Bertz CT molecular complexity index is 483. The molecule has 0 bridgehead atoms. The van der Waals surface area contributed by atoms with Crippen LogP contribution in [0.15, 0.2) is 48.5 Å². The Kier molecular flexibility index (Phi) is 3.62. The maximum Gasteiger partial charge on any atom is 0.0999 e. The quantitative estimate of drug-likeness (QED) is 0.624. The van der Waals surface area contributed by atoms with Gasteiger partial charge in [0.05, 0.1) is 12.3 Å². The lowest BCUT2D eigenvalue weighted by Crippen LogP contribution is -2.02. The van der Waals surface area contributed by atoms with Crippen molar-refractivity contribution in [1.29, 1.82) is 0 Å². The molecule has 0 aromatic heterocycles. The van der Waals surface area contributed by atoms with E-state index in [4.69, 9.17) is 10.6 Å². The fourth-order valence-corrected chi connectivity index (χ4v) is 1.58. The summed E-state index contributed by atoms with van der Waals surface area (Å²) >= 11 is 0. The number of hydrogen-bond donors (Lipinski definition) is 2. The van der Waals surface area contributed by atoms with E-state index in [1.165, 1.54) is 0 Å². The van der Waals surface area contributed by atoms with Crippen molar-refractivity contribution in [3.8, 4) is 0 Å². The molecule has 0 fully saturated rings. The van der Waals surface area contributed by atoms with Crippen LogP contribution in [0.4, 0.5) is 11.4 Å². The number of nitrogens with two attached hydrogens (primary N) is 1. The van der Waals surface area contributed by atoms with Crippen molar-refractivity contribution in [2.75, 3.05) is 11.2 Å². The van der Waals surface area contributed by atoms with Crippen LogP contribution in [0.2, 0.25) is 0 Å². The van der Waals surface area contributed by atoms with E-state index in [9.17, 15) is 0 Å². The molecule has 2 rings (SSSR count). The molecule has 0 saturated heterocycles. The molecular formula is C14H16N2O. The van der Waals surface area contributed by atoms with Crippen LogP contribution >= 0.6 is 0 Å². The molecule has 0 radical (unpaired) electrons. The van der Waals surface area contributed by atoms with Crippen LogP contribution in [0.25, 0.3) is 0 Å². The predicted molar refractivity (Wildman–Crippen MR) is 70.4 cm³/mol. The Balaban J connectivity index is 1.90. The lowest BCUT2D eigenvalue weighted by molar-refractivity contribution is 0.180. The van der Waals surface area contributed by atoms with Gasteiger partial charge in [0.25, 0.3) is 0 Å². The number of nitrogens with one attached hydrogen (secondary N) is 1. The molecule has 3 heteroatoms. The second-order valence-corrected chi connectivity index (χ2v) is 3.94. The highest BCUT2D eigenvalue weighted by Crippen LogP contribution is 2.14. The molecule has 3 nitrogen and oxygen atoms in total. The van der Waals surface area contributed by atoms with E-state index in [2.05, 4.69) is 5.48 Å². The molecule has 0 unspecified atom stereocenters. The largest absolute Gasteiger partial charge is 0.399 e. The van der Waals surface area contributed by atoms with E-state index in [1.54, 1.807) is 0 Å². The first-order chi connectivity index (χ1) is 8.25. The standard InChI is InChI=1S/C14H16N2O/c1-11-9-13(15)8-7-12(11)10-17-16-14-5-3-2-4-6-14/h2-9,16H,10,15H2,1H3. The minimum absolute atomic E-state index is 0.515. The molecule has 0 amide bonds. The number of rotatable bonds is 4. The van der Waals surface area contributed by atoms with E-state index < -0.39 is 0 Å². The third-order valence-electron chi connectivity index (χ3n) is 2.56. The van der Waals surface area contributed by atoms with Crippen molar-refractivity contribution >= 4 is 11.4 Å². The SMILES string of the molecule is Cc1cc(N)ccc1CONc1ccccc1. The lowest BCUT2D eigenvalue weighted by Gasteiger charge is -2.09. The number of benzene rings is 2. The lowest BCUT2D eigenvalue weighted by atomic mass is 10.1. The summed E-state index contributed by atoms with van der Waals surface area (Å²) in [6, 6.07) is 15.6. The van der Waals surface area contributed by atoms with Gasteiger partial charge in [-0.25, -0.2) is 0 Å². The predicted octanol–water partition coefficient (Wildman–Crippen LogP) is 3.12.